The van der Waals surface area contributed by atoms with Gasteiger partial charge in [-0.2, -0.15) is 5.10 Å². The zero-order valence-corrected chi connectivity index (χ0v) is 15.6. The topological polar surface area (TPSA) is 88.6 Å². The largest absolute Gasteiger partial charge is 0.493 e. The number of rotatable bonds is 6. The van der Waals surface area contributed by atoms with Gasteiger partial charge in [0.25, 0.3) is 5.91 Å². The Hall–Kier alpha value is -3.48. The maximum Gasteiger partial charge on any atom is 0.269 e. The lowest BCUT2D eigenvalue weighted by atomic mass is 10.0. The van der Waals surface area contributed by atoms with Gasteiger partial charge in [-0.25, -0.2) is 4.68 Å². The van der Waals surface area contributed by atoms with Crippen LogP contribution in [0.2, 0.25) is 0 Å². The van der Waals surface area contributed by atoms with Crippen LogP contribution >= 0.6 is 0 Å². The van der Waals surface area contributed by atoms with Gasteiger partial charge in [-0.1, -0.05) is 12.1 Å². The highest BCUT2D eigenvalue weighted by atomic mass is 16.5. The van der Waals surface area contributed by atoms with Gasteiger partial charge >= 0.3 is 0 Å². The Labute approximate surface area is 157 Å². The van der Waals surface area contributed by atoms with E-state index in [4.69, 9.17) is 19.9 Å². The van der Waals surface area contributed by atoms with Crippen molar-refractivity contribution in [1.82, 2.24) is 9.78 Å². The summed E-state index contributed by atoms with van der Waals surface area (Å²) in [4.78, 5) is 11.4. The molecule has 0 aliphatic rings. The van der Waals surface area contributed by atoms with Gasteiger partial charge in [-0.05, 0) is 48.4 Å². The van der Waals surface area contributed by atoms with Crippen LogP contribution in [0.25, 0.3) is 16.8 Å². The van der Waals surface area contributed by atoms with Gasteiger partial charge in [0.2, 0.25) is 5.75 Å². The van der Waals surface area contributed by atoms with Crippen molar-refractivity contribution in [2.24, 2.45) is 5.73 Å². The van der Waals surface area contributed by atoms with E-state index < -0.39 is 5.91 Å². The van der Waals surface area contributed by atoms with E-state index in [2.05, 4.69) is 5.10 Å². The molecule has 0 unspecified atom stereocenters. The Balaban J connectivity index is 2.10. The molecule has 2 N–H and O–H groups in total. The van der Waals surface area contributed by atoms with Gasteiger partial charge in [0.05, 0.1) is 27.0 Å². The van der Waals surface area contributed by atoms with E-state index >= 15 is 0 Å². The Morgan fingerprint density at radius 1 is 0.963 bits per heavy atom. The molecule has 27 heavy (non-hydrogen) atoms. The molecule has 3 aromatic rings. The molecule has 1 heterocycles. The van der Waals surface area contributed by atoms with E-state index in [1.165, 1.54) is 0 Å². The minimum atomic E-state index is -0.558. The van der Waals surface area contributed by atoms with Crippen molar-refractivity contribution in [3.63, 3.8) is 0 Å². The fourth-order valence-electron chi connectivity index (χ4n) is 2.92. The molecule has 1 amide bonds. The van der Waals surface area contributed by atoms with Gasteiger partial charge in [-0.15, -0.1) is 0 Å². The number of primary amides is 1. The maximum absolute atomic E-state index is 11.4. The van der Waals surface area contributed by atoms with E-state index in [9.17, 15) is 4.79 Å². The number of amides is 1. The zero-order chi connectivity index (χ0) is 19.6. The summed E-state index contributed by atoms with van der Waals surface area (Å²) < 4.78 is 17.9. The van der Waals surface area contributed by atoms with E-state index in [1.54, 1.807) is 32.1 Å². The van der Waals surface area contributed by atoms with Gasteiger partial charge < -0.3 is 19.9 Å². The van der Waals surface area contributed by atoms with Crippen LogP contribution in [-0.4, -0.2) is 37.0 Å². The number of methoxy groups -OCH3 is 3. The summed E-state index contributed by atoms with van der Waals surface area (Å²) in [6.45, 7) is 1.87. The highest BCUT2D eigenvalue weighted by molar-refractivity contribution is 5.90. The maximum atomic E-state index is 11.4. The molecule has 0 atom stereocenters. The number of aryl methyl sites for hydroxylation is 1. The van der Waals surface area contributed by atoms with E-state index in [0.717, 1.165) is 22.5 Å². The second-order valence-corrected chi connectivity index (χ2v) is 5.91. The molecule has 0 bridgehead atoms. The second kappa shape index (κ2) is 7.41. The first-order valence-corrected chi connectivity index (χ1v) is 8.25. The Kier molecular flexibility index (Phi) is 5.03. The average Bonchev–Trinajstić information content (AvgIpc) is 3.08. The number of hydrogen-bond acceptors (Lipinski definition) is 5. The number of nitrogens with zero attached hydrogens (tertiary/aromatic N) is 2. The molecule has 0 aliphatic heterocycles. The molecule has 1 aromatic heterocycles. The van der Waals surface area contributed by atoms with Crippen molar-refractivity contribution in [1.29, 1.82) is 0 Å². The van der Waals surface area contributed by atoms with Crippen LogP contribution < -0.4 is 19.9 Å². The Bertz CT molecular complexity index is 970. The number of benzene rings is 2. The molecule has 2 aromatic carbocycles. The molecule has 0 saturated carbocycles. The van der Waals surface area contributed by atoms with E-state index in [1.807, 2.05) is 43.3 Å². The first kappa shape index (κ1) is 18.3. The van der Waals surface area contributed by atoms with Crippen LogP contribution in [0, 0.1) is 6.92 Å². The normalized spacial score (nSPS) is 10.5. The van der Waals surface area contributed by atoms with Gasteiger partial charge in [-0.3, -0.25) is 4.79 Å². The van der Waals surface area contributed by atoms with Crippen LogP contribution in [0.3, 0.4) is 0 Å². The summed E-state index contributed by atoms with van der Waals surface area (Å²) in [6, 6.07) is 13.2. The Morgan fingerprint density at radius 3 is 2.15 bits per heavy atom. The van der Waals surface area contributed by atoms with Crippen molar-refractivity contribution in [2.45, 2.75) is 6.92 Å². The number of aromatic nitrogens is 2. The number of nitrogens with two attached hydrogens (primary N) is 1. The number of carbonyl (C=O) groups is 1. The van der Waals surface area contributed by atoms with E-state index in [0.29, 0.717) is 17.2 Å². The van der Waals surface area contributed by atoms with Crippen LogP contribution in [0.4, 0.5) is 0 Å². The Morgan fingerprint density at radius 2 is 1.63 bits per heavy atom. The van der Waals surface area contributed by atoms with Crippen LogP contribution in [-0.2, 0) is 0 Å². The first-order chi connectivity index (χ1) is 13.0. The molecule has 7 nitrogen and oxygen atoms in total. The molecule has 140 valence electrons. The van der Waals surface area contributed by atoms with Gasteiger partial charge in [0, 0.05) is 5.69 Å². The fourth-order valence-corrected chi connectivity index (χ4v) is 2.92. The molecule has 0 aliphatic carbocycles. The standard InChI is InChI=1S/C20H21N3O4/c1-12-8-16(20(21)24)22-23(12)15-7-5-6-13(9-15)14-10-17(25-2)19(27-4)18(11-14)26-3/h5-11H,1-4H3,(H2,21,24). The molecule has 3 rings (SSSR count). The number of hydrogen-bond donors (Lipinski definition) is 1. The zero-order valence-electron chi connectivity index (χ0n) is 15.6. The summed E-state index contributed by atoms with van der Waals surface area (Å²) in [5, 5.41) is 4.28. The predicted molar refractivity (Wildman–Crippen MR) is 102 cm³/mol. The molecule has 0 fully saturated rings. The molecule has 7 heteroatoms. The third kappa shape index (κ3) is 3.44. The van der Waals surface area contributed by atoms with Crippen molar-refractivity contribution >= 4 is 5.91 Å². The van der Waals surface area contributed by atoms with Gasteiger partial charge in [0.15, 0.2) is 17.2 Å². The smallest absolute Gasteiger partial charge is 0.269 e. The summed E-state index contributed by atoms with van der Waals surface area (Å²) in [5.41, 5.74) is 9.01. The van der Waals surface area contributed by atoms with Crippen LogP contribution in [0.5, 0.6) is 17.2 Å². The summed E-state index contributed by atoms with van der Waals surface area (Å²) in [5.74, 6) is 1.12. The average molecular weight is 367 g/mol. The van der Waals surface area contributed by atoms with Crippen molar-refractivity contribution in [2.75, 3.05) is 21.3 Å². The first-order valence-electron chi connectivity index (χ1n) is 8.25. The molecule has 0 spiro atoms. The summed E-state index contributed by atoms with van der Waals surface area (Å²) >= 11 is 0. The third-order valence-corrected chi connectivity index (χ3v) is 4.23. The van der Waals surface area contributed by atoms with Crippen molar-refractivity contribution in [3.05, 3.63) is 53.9 Å². The second-order valence-electron chi connectivity index (χ2n) is 5.91. The minimum absolute atomic E-state index is 0.227. The molecule has 0 saturated heterocycles. The lowest BCUT2D eigenvalue weighted by Crippen LogP contribution is -2.12. The summed E-state index contributed by atoms with van der Waals surface area (Å²) in [6.07, 6.45) is 0. The van der Waals surface area contributed by atoms with E-state index in [-0.39, 0.29) is 5.69 Å². The fraction of sp³-hybridized carbons (Fsp3) is 0.200. The monoisotopic (exact) mass is 367 g/mol. The lowest BCUT2D eigenvalue weighted by Gasteiger charge is -2.15. The predicted octanol–water partition coefficient (Wildman–Crippen LogP) is 2.97. The third-order valence-electron chi connectivity index (χ3n) is 4.23. The minimum Gasteiger partial charge on any atom is -0.493 e. The van der Waals surface area contributed by atoms with Crippen molar-refractivity contribution < 1.29 is 19.0 Å². The summed E-state index contributed by atoms with van der Waals surface area (Å²) in [7, 11) is 4.73. The molecular formula is C20H21N3O4. The SMILES string of the molecule is COc1cc(-c2cccc(-n3nc(C(N)=O)cc3C)c2)cc(OC)c1OC. The molecule has 0 radical (unpaired) electrons. The highest BCUT2D eigenvalue weighted by Crippen LogP contribution is 2.41. The number of carbonyl (C=O) groups excluding carboxylic acids is 1. The highest BCUT2D eigenvalue weighted by Gasteiger charge is 2.15. The van der Waals surface area contributed by atoms with Crippen LogP contribution in [0.1, 0.15) is 16.2 Å². The van der Waals surface area contributed by atoms with Gasteiger partial charge in [0.1, 0.15) is 0 Å². The quantitative estimate of drug-likeness (QED) is 0.723. The lowest BCUT2D eigenvalue weighted by molar-refractivity contribution is 0.0995. The molecular weight excluding hydrogens is 346 g/mol. The van der Waals surface area contributed by atoms with Crippen molar-refractivity contribution in [3.8, 4) is 34.1 Å². The van der Waals surface area contributed by atoms with Crippen LogP contribution in [0.15, 0.2) is 42.5 Å². The number of ether oxygens (including phenoxy) is 3.